The van der Waals surface area contributed by atoms with Gasteiger partial charge in [0.25, 0.3) is 0 Å². The molecule has 0 aliphatic carbocycles. The van der Waals surface area contributed by atoms with E-state index in [2.05, 4.69) is 55.4 Å². The third-order valence-corrected chi connectivity index (χ3v) is 3.59. The summed E-state index contributed by atoms with van der Waals surface area (Å²) in [6.45, 7) is 4.45. The highest BCUT2D eigenvalue weighted by Gasteiger charge is 2.14. The molecule has 1 nitrogen and oxygen atoms in total. The zero-order valence-corrected chi connectivity index (χ0v) is 12.4. The monoisotopic (exact) mass is 257 g/mol. The number of hydrogen-bond acceptors (Lipinski definition) is 1. The zero-order chi connectivity index (χ0) is 13.9. The summed E-state index contributed by atoms with van der Waals surface area (Å²) in [6, 6.07) is 11.6. The Bertz CT molecular complexity index is 363. The Kier molecular flexibility index (Phi) is 8.02. The van der Waals surface area contributed by atoms with Crippen molar-refractivity contribution in [2.24, 2.45) is 0 Å². The van der Waals surface area contributed by atoms with Gasteiger partial charge in [0.05, 0.1) is 0 Å². The molecule has 0 saturated carbocycles. The summed E-state index contributed by atoms with van der Waals surface area (Å²) in [5.41, 5.74) is 1.38. The molecule has 1 rings (SSSR count). The molecule has 1 heteroatoms. The van der Waals surface area contributed by atoms with E-state index < -0.39 is 0 Å². The van der Waals surface area contributed by atoms with Crippen molar-refractivity contribution < 1.29 is 0 Å². The molecular weight excluding hydrogens is 230 g/mol. The van der Waals surface area contributed by atoms with E-state index in [9.17, 15) is 0 Å². The van der Waals surface area contributed by atoms with Crippen LogP contribution < -0.4 is 5.32 Å². The largest absolute Gasteiger partial charge is 0.306 e. The second-order valence-corrected chi connectivity index (χ2v) is 5.14. The van der Waals surface area contributed by atoms with Crippen LogP contribution >= 0.6 is 0 Å². The van der Waals surface area contributed by atoms with Gasteiger partial charge < -0.3 is 5.32 Å². The lowest BCUT2D eigenvalue weighted by Gasteiger charge is -2.24. The molecule has 0 spiro atoms. The van der Waals surface area contributed by atoms with Crippen molar-refractivity contribution in [3.63, 3.8) is 0 Å². The molecule has 0 aromatic heterocycles. The van der Waals surface area contributed by atoms with E-state index in [0.717, 1.165) is 12.8 Å². The SMILES string of the molecule is C#CCC(CC)NC(CCCCC)c1ccccc1. The number of nitrogens with one attached hydrogen (secondary N) is 1. The van der Waals surface area contributed by atoms with Crippen LogP contribution in [0.5, 0.6) is 0 Å². The molecule has 19 heavy (non-hydrogen) atoms. The third-order valence-electron chi connectivity index (χ3n) is 3.59. The van der Waals surface area contributed by atoms with Gasteiger partial charge in [-0.15, -0.1) is 12.3 Å². The van der Waals surface area contributed by atoms with E-state index in [-0.39, 0.29) is 0 Å². The fraction of sp³-hybridized carbons (Fsp3) is 0.556. The van der Waals surface area contributed by atoms with Crippen molar-refractivity contribution in [1.29, 1.82) is 0 Å². The molecule has 1 aromatic rings. The Morgan fingerprint density at radius 2 is 1.89 bits per heavy atom. The molecule has 0 bridgehead atoms. The summed E-state index contributed by atoms with van der Waals surface area (Å²) in [7, 11) is 0. The van der Waals surface area contributed by atoms with Crippen molar-refractivity contribution in [3.05, 3.63) is 35.9 Å². The molecule has 2 unspecified atom stereocenters. The first-order valence-corrected chi connectivity index (χ1v) is 7.56. The van der Waals surface area contributed by atoms with Gasteiger partial charge in [0.1, 0.15) is 0 Å². The van der Waals surface area contributed by atoms with E-state index in [4.69, 9.17) is 6.42 Å². The summed E-state index contributed by atoms with van der Waals surface area (Å²) in [4.78, 5) is 0. The summed E-state index contributed by atoms with van der Waals surface area (Å²) in [5.74, 6) is 2.78. The third kappa shape index (κ3) is 5.94. The maximum atomic E-state index is 5.45. The van der Waals surface area contributed by atoms with E-state index in [1.54, 1.807) is 0 Å². The minimum absolute atomic E-state index is 0.428. The van der Waals surface area contributed by atoms with Crippen molar-refractivity contribution in [1.82, 2.24) is 5.32 Å². The van der Waals surface area contributed by atoms with Crippen LogP contribution in [-0.4, -0.2) is 6.04 Å². The Labute approximate surface area is 118 Å². The Hall–Kier alpha value is -1.26. The van der Waals surface area contributed by atoms with Gasteiger partial charge in [-0.1, -0.05) is 63.4 Å². The summed E-state index contributed by atoms with van der Waals surface area (Å²) < 4.78 is 0. The number of hydrogen-bond donors (Lipinski definition) is 1. The van der Waals surface area contributed by atoms with E-state index >= 15 is 0 Å². The molecule has 1 aromatic carbocycles. The maximum absolute atomic E-state index is 5.45. The van der Waals surface area contributed by atoms with Gasteiger partial charge in [-0.2, -0.15) is 0 Å². The highest BCUT2D eigenvalue weighted by atomic mass is 14.9. The molecule has 2 atom stereocenters. The molecule has 0 amide bonds. The van der Waals surface area contributed by atoms with Crippen molar-refractivity contribution in [2.45, 2.75) is 64.5 Å². The average Bonchev–Trinajstić information content (AvgIpc) is 2.46. The van der Waals surface area contributed by atoms with Crippen LogP contribution in [0.25, 0.3) is 0 Å². The van der Waals surface area contributed by atoms with Crippen LogP contribution in [0.1, 0.15) is 64.0 Å². The molecule has 0 saturated heterocycles. The first-order valence-electron chi connectivity index (χ1n) is 7.56. The number of benzene rings is 1. The van der Waals surface area contributed by atoms with E-state index in [0.29, 0.717) is 12.1 Å². The van der Waals surface area contributed by atoms with Crippen LogP contribution in [0.15, 0.2) is 30.3 Å². The van der Waals surface area contributed by atoms with Crippen LogP contribution in [-0.2, 0) is 0 Å². The molecule has 0 heterocycles. The summed E-state index contributed by atoms with van der Waals surface area (Å²) >= 11 is 0. The van der Waals surface area contributed by atoms with Gasteiger partial charge >= 0.3 is 0 Å². The molecule has 104 valence electrons. The van der Waals surface area contributed by atoms with Crippen LogP contribution in [0.3, 0.4) is 0 Å². The van der Waals surface area contributed by atoms with Crippen molar-refractivity contribution >= 4 is 0 Å². The average molecular weight is 257 g/mol. The quantitative estimate of drug-likeness (QED) is 0.499. The normalized spacial score (nSPS) is 13.7. The fourth-order valence-electron chi connectivity index (χ4n) is 2.38. The fourth-order valence-corrected chi connectivity index (χ4v) is 2.38. The van der Waals surface area contributed by atoms with Crippen LogP contribution in [0, 0.1) is 12.3 Å². The minimum atomic E-state index is 0.428. The molecule has 1 N–H and O–H groups in total. The van der Waals surface area contributed by atoms with Gasteiger partial charge in [-0.05, 0) is 18.4 Å². The van der Waals surface area contributed by atoms with E-state index in [1.165, 1.54) is 31.2 Å². The smallest absolute Gasteiger partial charge is 0.0323 e. The summed E-state index contributed by atoms with van der Waals surface area (Å²) in [6.07, 6.45) is 12.4. The number of rotatable bonds is 9. The standard InChI is InChI=1S/C18H27N/c1-4-7-9-15-18(16-13-10-8-11-14-16)19-17(6-3)12-5-2/h2,8,10-11,13-14,17-19H,4,6-7,9,12,15H2,1,3H3. The van der Waals surface area contributed by atoms with Gasteiger partial charge in [0, 0.05) is 18.5 Å². The highest BCUT2D eigenvalue weighted by Crippen LogP contribution is 2.21. The number of terminal acetylenes is 1. The molecular formula is C18H27N. The molecule has 0 radical (unpaired) electrons. The van der Waals surface area contributed by atoms with Crippen LogP contribution in [0.4, 0.5) is 0 Å². The van der Waals surface area contributed by atoms with Crippen LogP contribution in [0.2, 0.25) is 0 Å². The van der Waals surface area contributed by atoms with Crippen molar-refractivity contribution in [3.8, 4) is 12.3 Å². The topological polar surface area (TPSA) is 12.0 Å². The predicted octanol–water partition coefficient (Wildman–Crippen LogP) is 4.70. The zero-order valence-electron chi connectivity index (χ0n) is 12.4. The van der Waals surface area contributed by atoms with Crippen molar-refractivity contribution in [2.75, 3.05) is 0 Å². The predicted molar refractivity (Wildman–Crippen MR) is 84.0 cm³/mol. The number of unbranched alkanes of at least 4 members (excludes halogenated alkanes) is 2. The van der Waals surface area contributed by atoms with Gasteiger partial charge in [-0.3, -0.25) is 0 Å². The lowest BCUT2D eigenvalue weighted by atomic mass is 9.98. The lowest BCUT2D eigenvalue weighted by Crippen LogP contribution is -2.32. The second-order valence-electron chi connectivity index (χ2n) is 5.14. The molecule has 0 fully saturated rings. The van der Waals surface area contributed by atoms with Gasteiger partial charge in [0.2, 0.25) is 0 Å². The molecule has 0 aliphatic heterocycles. The first-order chi connectivity index (χ1) is 9.31. The van der Waals surface area contributed by atoms with Gasteiger partial charge in [-0.25, -0.2) is 0 Å². The minimum Gasteiger partial charge on any atom is -0.306 e. The maximum Gasteiger partial charge on any atom is 0.0323 e. The lowest BCUT2D eigenvalue weighted by molar-refractivity contribution is 0.400. The Balaban J connectivity index is 2.66. The Morgan fingerprint density at radius 3 is 2.47 bits per heavy atom. The first kappa shape index (κ1) is 15.8. The van der Waals surface area contributed by atoms with E-state index in [1.807, 2.05) is 0 Å². The van der Waals surface area contributed by atoms with Gasteiger partial charge in [0.15, 0.2) is 0 Å². The second kappa shape index (κ2) is 9.64. The molecule has 0 aliphatic rings. The highest BCUT2D eigenvalue weighted by molar-refractivity contribution is 5.19. The Morgan fingerprint density at radius 1 is 1.16 bits per heavy atom. The summed E-state index contributed by atoms with van der Waals surface area (Å²) in [5, 5.41) is 3.74.